The molecule has 2 rings (SSSR count). The van der Waals surface area contributed by atoms with Gasteiger partial charge in [0.05, 0.1) is 6.10 Å². The van der Waals surface area contributed by atoms with Crippen molar-refractivity contribution in [1.29, 1.82) is 0 Å². The van der Waals surface area contributed by atoms with Gasteiger partial charge in [0.25, 0.3) is 0 Å². The summed E-state index contributed by atoms with van der Waals surface area (Å²) in [4.78, 5) is 1.42. The molecule has 1 heterocycles. The molecule has 2 unspecified atom stereocenters. The fourth-order valence-electron chi connectivity index (χ4n) is 2.04. The molecule has 0 spiro atoms. The standard InChI is InChI=1S/C16H23IOSSi2/c1-16(2,3)21(20)18-13(8-9-17)11-14-10-12-6-4-5-7-15(12)19-14/h4-10,13,21H,11H2,1-3,20H3. The van der Waals surface area contributed by atoms with Crippen molar-refractivity contribution in [2.24, 2.45) is 0 Å². The molecule has 0 aliphatic rings. The lowest BCUT2D eigenvalue weighted by molar-refractivity contribution is 0.248. The molecule has 0 saturated carbocycles. The molecule has 0 aliphatic carbocycles. The summed E-state index contributed by atoms with van der Waals surface area (Å²) in [6, 6.07) is 10.9. The minimum atomic E-state index is -1.07. The van der Waals surface area contributed by atoms with Crippen LogP contribution in [0.4, 0.5) is 0 Å². The molecule has 0 saturated heterocycles. The van der Waals surface area contributed by atoms with Crippen molar-refractivity contribution in [2.45, 2.75) is 38.3 Å². The monoisotopic (exact) mass is 446 g/mol. The van der Waals surface area contributed by atoms with Crippen LogP contribution in [-0.2, 0) is 10.8 Å². The van der Waals surface area contributed by atoms with Crippen molar-refractivity contribution in [1.82, 2.24) is 0 Å². The van der Waals surface area contributed by atoms with Crippen LogP contribution in [0.3, 0.4) is 0 Å². The first-order valence-electron chi connectivity index (χ1n) is 7.30. The lowest BCUT2D eigenvalue weighted by Crippen LogP contribution is -2.34. The molecule has 1 aromatic carbocycles. The molecule has 0 bridgehead atoms. The summed E-state index contributed by atoms with van der Waals surface area (Å²) in [5, 5.41) is 1.72. The molecule has 21 heavy (non-hydrogen) atoms. The Balaban J connectivity index is 2.12. The van der Waals surface area contributed by atoms with Gasteiger partial charge in [-0.25, -0.2) is 0 Å². The number of rotatable bonds is 5. The Morgan fingerprint density at radius 1 is 1.38 bits per heavy atom. The van der Waals surface area contributed by atoms with E-state index < -0.39 is 8.56 Å². The van der Waals surface area contributed by atoms with Crippen LogP contribution in [0.5, 0.6) is 0 Å². The van der Waals surface area contributed by atoms with Crippen LogP contribution in [0.15, 0.2) is 40.5 Å². The Labute approximate surface area is 149 Å². The van der Waals surface area contributed by atoms with Gasteiger partial charge < -0.3 is 4.43 Å². The minimum absolute atomic E-state index is 0.239. The van der Waals surface area contributed by atoms with Gasteiger partial charge in [0.15, 0.2) is 8.56 Å². The van der Waals surface area contributed by atoms with Crippen molar-refractivity contribution in [3.63, 3.8) is 0 Å². The minimum Gasteiger partial charge on any atom is -0.417 e. The van der Waals surface area contributed by atoms with Crippen LogP contribution in [0.2, 0.25) is 5.04 Å². The van der Waals surface area contributed by atoms with Gasteiger partial charge in [-0.15, -0.1) is 11.3 Å². The van der Waals surface area contributed by atoms with Crippen molar-refractivity contribution >= 4 is 62.3 Å². The highest BCUT2D eigenvalue weighted by molar-refractivity contribution is 14.1. The molecule has 2 atom stereocenters. The quantitative estimate of drug-likeness (QED) is 0.495. The van der Waals surface area contributed by atoms with E-state index in [1.165, 1.54) is 24.7 Å². The third kappa shape index (κ3) is 5.02. The smallest absolute Gasteiger partial charge is 0.160 e. The number of halogens is 1. The summed E-state index contributed by atoms with van der Waals surface area (Å²) in [6.45, 7) is 6.96. The zero-order valence-electron chi connectivity index (χ0n) is 13.1. The topological polar surface area (TPSA) is 9.23 Å². The van der Waals surface area contributed by atoms with Crippen LogP contribution in [0.25, 0.3) is 10.1 Å². The van der Waals surface area contributed by atoms with Gasteiger partial charge in [-0.2, -0.15) is 0 Å². The van der Waals surface area contributed by atoms with E-state index in [0.717, 1.165) is 6.42 Å². The molecule has 5 heteroatoms. The predicted octanol–water partition coefficient (Wildman–Crippen LogP) is 4.16. The van der Waals surface area contributed by atoms with E-state index in [0.29, 0.717) is 5.04 Å². The Hall–Kier alpha value is 0.0438. The van der Waals surface area contributed by atoms with E-state index in [1.54, 1.807) is 0 Å². The molecule has 0 radical (unpaired) electrons. The van der Waals surface area contributed by atoms with E-state index in [1.807, 2.05) is 11.3 Å². The molecule has 0 N–H and O–H groups in total. The first-order chi connectivity index (χ1) is 9.90. The van der Waals surface area contributed by atoms with Crippen LogP contribution < -0.4 is 0 Å². The lowest BCUT2D eigenvalue weighted by atomic mass is 10.2. The van der Waals surface area contributed by atoms with Crippen LogP contribution in [0, 0.1) is 0 Å². The first kappa shape index (κ1) is 17.4. The summed E-state index contributed by atoms with van der Waals surface area (Å²) >= 11 is 4.19. The largest absolute Gasteiger partial charge is 0.417 e. The second-order valence-electron chi connectivity index (χ2n) is 6.46. The molecule has 0 amide bonds. The average Bonchev–Trinajstić information content (AvgIpc) is 2.79. The number of thiophene rings is 1. The third-order valence-electron chi connectivity index (χ3n) is 3.76. The van der Waals surface area contributed by atoms with Gasteiger partial charge >= 0.3 is 0 Å². The van der Waals surface area contributed by atoms with Crippen LogP contribution in [0.1, 0.15) is 25.6 Å². The average molecular weight is 447 g/mol. The molecule has 2 aromatic rings. The Morgan fingerprint density at radius 2 is 2.10 bits per heavy atom. The van der Waals surface area contributed by atoms with Gasteiger partial charge in [-0.1, -0.05) is 67.6 Å². The van der Waals surface area contributed by atoms with E-state index in [9.17, 15) is 0 Å². The summed E-state index contributed by atoms with van der Waals surface area (Å²) in [6.07, 6.45) is 3.46. The van der Waals surface area contributed by atoms with Gasteiger partial charge in [0.1, 0.15) is 0 Å². The zero-order valence-corrected chi connectivity index (χ0v) is 19.2. The maximum atomic E-state index is 6.47. The van der Waals surface area contributed by atoms with Gasteiger partial charge in [-0.05, 0) is 26.6 Å². The maximum Gasteiger partial charge on any atom is 0.160 e. The Morgan fingerprint density at radius 3 is 2.71 bits per heavy atom. The lowest BCUT2D eigenvalue weighted by Gasteiger charge is -2.29. The highest BCUT2D eigenvalue weighted by Gasteiger charge is 2.25. The number of hydrogen-bond donors (Lipinski definition) is 0. The molecule has 0 aliphatic heterocycles. The van der Waals surface area contributed by atoms with E-state index >= 15 is 0 Å². The summed E-state index contributed by atoms with van der Waals surface area (Å²) in [5.74, 6) is 0. The van der Waals surface area contributed by atoms with Crippen molar-refractivity contribution < 1.29 is 4.43 Å². The molecular weight excluding hydrogens is 423 g/mol. The normalized spacial score (nSPS) is 15.8. The highest BCUT2D eigenvalue weighted by atomic mass is 127. The van der Waals surface area contributed by atoms with E-state index in [2.05, 4.69) is 83.9 Å². The Bertz CT molecular complexity index is 585. The fraction of sp³-hybridized carbons (Fsp3) is 0.375. The van der Waals surface area contributed by atoms with Crippen molar-refractivity contribution in [3.05, 3.63) is 45.4 Å². The number of hydrogen-bond acceptors (Lipinski definition) is 2. The van der Waals surface area contributed by atoms with Gasteiger partial charge in [0, 0.05) is 25.8 Å². The molecule has 0 fully saturated rings. The van der Waals surface area contributed by atoms with Crippen molar-refractivity contribution in [3.8, 4) is 0 Å². The molecule has 114 valence electrons. The fourth-order valence-corrected chi connectivity index (χ4v) is 5.78. The van der Waals surface area contributed by atoms with E-state index in [4.69, 9.17) is 4.43 Å². The van der Waals surface area contributed by atoms with Crippen molar-refractivity contribution in [2.75, 3.05) is 0 Å². The summed E-state index contributed by atoms with van der Waals surface area (Å²) in [7, 11) is 0.128. The second-order valence-corrected chi connectivity index (χ2v) is 14.8. The van der Waals surface area contributed by atoms with Gasteiger partial charge in [0.2, 0.25) is 0 Å². The molecular formula is C16H23IOSSi2. The molecule has 1 aromatic heterocycles. The van der Waals surface area contributed by atoms with E-state index in [-0.39, 0.29) is 6.10 Å². The highest BCUT2D eigenvalue weighted by Crippen LogP contribution is 2.29. The summed E-state index contributed by atoms with van der Waals surface area (Å²) < 4.78 is 9.94. The number of fused-ring (bicyclic) bond motifs is 1. The second kappa shape index (κ2) is 7.54. The maximum absolute atomic E-state index is 6.47. The SMILES string of the molecule is CC(C)(C)[SiH]([SiH3])OC(C=CI)Cc1cc2ccccc2s1. The van der Waals surface area contributed by atoms with Crippen LogP contribution in [-0.4, -0.2) is 24.4 Å². The zero-order chi connectivity index (χ0) is 15.5. The van der Waals surface area contributed by atoms with Gasteiger partial charge in [-0.3, -0.25) is 0 Å². The van der Waals surface area contributed by atoms with Crippen LogP contribution >= 0.6 is 33.9 Å². The number of benzene rings is 1. The molecule has 1 nitrogen and oxygen atoms in total. The Kier molecular flexibility index (Phi) is 6.25. The summed E-state index contributed by atoms with van der Waals surface area (Å²) in [5.41, 5.74) is 0. The first-order valence-corrected chi connectivity index (χ1v) is 15.0. The third-order valence-corrected chi connectivity index (χ3v) is 14.5. The predicted molar refractivity (Wildman–Crippen MR) is 110 cm³/mol.